The van der Waals surface area contributed by atoms with Gasteiger partial charge in [0.25, 0.3) is 0 Å². The first-order valence-corrected chi connectivity index (χ1v) is 6.55. The van der Waals surface area contributed by atoms with E-state index in [1.165, 1.54) is 18.0 Å². The number of nitriles is 1. The van der Waals surface area contributed by atoms with E-state index in [9.17, 15) is 0 Å². The number of nitrogen functional groups attached to an aromatic ring is 1. The zero-order chi connectivity index (χ0) is 13.7. The van der Waals surface area contributed by atoms with Gasteiger partial charge in [0.2, 0.25) is 0 Å². The molecular formula is C12H13N5OS. The van der Waals surface area contributed by atoms with Gasteiger partial charge in [-0.25, -0.2) is 4.98 Å². The van der Waals surface area contributed by atoms with Crippen molar-refractivity contribution in [2.75, 3.05) is 12.3 Å². The molecule has 2 rings (SSSR count). The van der Waals surface area contributed by atoms with Crippen LogP contribution in [0, 0.1) is 11.3 Å². The SMILES string of the molecule is N#Cc1cnc(N)cc1S[C@H](CCN)c1ccno1. The van der Waals surface area contributed by atoms with E-state index in [-0.39, 0.29) is 5.25 Å². The highest BCUT2D eigenvalue weighted by Gasteiger charge is 2.18. The van der Waals surface area contributed by atoms with Crippen LogP contribution < -0.4 is 11.5 Å². The molecule has 0 aliphatic rings. The van der Waals surface area contributed by atoms with Gasteiger partial charge in [-0.2, -0.15) is 5.26 Å². The number of aromatic nitrogens is 2. The number of nitrogens with zero attached hydrogens (tertiary/aromatic N) is 3. The normalized spacial score (nSPS) is 12.0. The summed E-state index contributed by atoms with van der Waals surface area (Å²) >= 11 is 1.48. The van der Waals surface area contributed by atoms with Crippen molar-refractivity contribution in [2.24, 2.45) is 5.73 Å². The maximum Gasteiger partial charge on any atom is 0.150 e. The highest BCUT2D eigenvalue weighted by molar-refractivity contribution is 7.99. The van der Waals surface area contributed by atoms with Crippen molar-refractivity contribution in [1.82, 2.24) is 10.1 Å². The van der Waals surface area contributed by atoms with Crippen molar-refractivity contribution in [3.63, 3.8) is 0 Å². The van der Waals surface area contributed by atoms with Crippen LogP contribution in [0.2, 0.25) is 0 Å². The Bertz CT molecular complexity index is 578. The molecule has 2 aromatic rings. The van der Waals surface area contributed by atoms with E-state index < -0.39 is 0 Å². The van der Waals surface area contributed by atoms with Crippen molar-refractivity contribution < 1.29 is 4.52 Å². The molecule has 0 saturated carbocycles. The van der Waals surface area contributed by atoms with Crippen LogP contribution in [0.15, 0.2) is 33.9 Å². The molecule has 1 atom stereocenters. The molecule has 0 aliphatic heterocycles. The Morgan fingerprint density at radius 3 is 3.00 bits per heavy atom. The van der Waals surface area contributed by atoms with Crippen molar-refractivity contribution >= 4 is 17.6 Å². The minimum Gasteiger partial charge on any atom is -0.384 e. The van der Waals surface area contributed by atoms with Crippen LogP contribution in [0.1, 0.15) is 23.0 Å². The summed E-state index contributed by atoms with van der Waals surface area (Å²) in [6.07, 6.45) is 3.77. The molecule has 6 nitrogen and oxygen atoms in total. The van der Waals surface area contributed by atoms with Gasteiger partial charge >= 0.3 is 0 Å². The molecule has 0 amide bonds. The largest absolute Gasteiger partial charge is 0.384 e. The second kappa shape index (κ2) is 6.22. The zero-order valence-electron chi connectivity index (χ0n) is 10.1. The summed E-state index contributed by atoms with van der Waals surface area (Å²) in [7, 11) is 0. The van der Waals surface area contributed by atoms with Gasteiger partial charge < -0.3 is 16.0 Å². The standard InChI is InChI=1S/C12H13N5OS/c13-3-1-10(9-2-4-17-18-9)19-11-5-12(15)16-7-8(11)6-14/h2,4-5,7,10H,1,3,13H2,(H2,15,16)/t10-/m1/s1. The molecule has 0 saturated heterocycles. The highest BCUT2D eigenvalue weighted by Crippen LogP contribution is 2.39. The van der Waals surface area contributed by atoms with E-state index in [2.05, 4.69) is 16.2 Å². The molecule has 0 aromatic carbocycles. The third kappa shape index (κ3) is 3.24. The fraction of sp³-hybridized carbons (Fsp3) is 0.250. The van der Waals surface area contributed by atoms with Gasteiger partial charge in [-0.15, -0.1) is 11.8 Å². The molecule has 0 aliphatic carbocycles. The molecule has 2 aromatic heterocycles. The molecule has 98 valence electrons. The predicted octanol–water partition coefficient (Wildman–Crippen LogP) is 1.71. The molecule has 0 unspecified atom stereocenters. The molecular weight excluding hydrogens is 262 g/mol. The highest BCUT2D eigenvalue weighted by atomic mass is 32.2. The summed E-state index contributed by atoms with van der Waals surface area (Å²) in [5.74, 6) is 1.11. The maximum absolute atomic E-state index is 9.08. The fourth-order valence-electron chi connectivity index (χ4n) is 1.59. The van der Waals surface area contributed by atoms with Crippen LogP contribution in [0.3, 0.4) is 0 Å². The first kappa shape index (κ1) is 13.4. The lowest BCUT2D eigenvalue weighted by Gasteiger charge is -2.13. The van der Waals surface area contributed by atoms with Gasteiger partial charge in [-0.3, -0.25) is 0 Å². The Morgan fingerprint density at radius 2 is 2.37 bits per heavy atom. The Hall–Kier alpha value is -2.04. The van der Waals surface area contributed by atoms with Crippen LogP contribution in [0.4, 0.5) is 5.82 Å². The summed E-state index contributed by atoms with van der Waals surface area (Å²) in [5, 5.41) is 12.8. The average Bonchev–Trinajstić information content (AvgIpc) is 2.92. The summed E-state index contributed by atoms with van der Waals surface area (Å²) in [6.45, 7) is 0.515. The lowest BCUT2D eigenvalue weighted by molar-refractivity contribution is 0.379. The summed E-state index contributed by atoms with van der Waals surface area (Å²) in [4.78, 5) is 4.68. The summed E-state index contributed by atoms with van der Waals surface area (Å²) in [5.41, 5.74) is 11.8. The van der Waals surface area contributed by atoms with E-state index in [0.717, 1.165) is 10.7 Å². The molecule has 2 heterocycles. The van der Waals surface area contributed by atoms with Gasteiger partial charge in [0.1, 0.15) is 17.6 Å². The minimum atomic E-state index is 0.00130. The third-order valence-corrected chi connectivity index (χ3v) is 3.83. The molecule has 4 N–H and O–H groups in total. The second-order valence-corrected chi connectivity index (χ2v) is 5.06. The van der Waals surface area contributed by atoms with Crippen LogP contribution in [-0.2, 0) is 0 Å². The molecule has 0 radical (unpaired) electrons. The Labute approximate surface area is 114 Å². The van der Waals surface area contributed by atoms with E-state index in [4.69, 9.17) is 21.3 Å². The zero-order valence-corrected chi connectivity index (χ0v) is 10.9. The Kier molecular flexibility index (Phi) is 4.39. The smallest absolute Gasteiger partial charge is 0.150 e. The van der Waals surface area contributed by atoms with E-state index in [0.29, 0.717) is 24.3 Å². The van der Waals surface area contributed by atoms with E-state index >= 15 is 0 Å². The van der Waals surface area contributed by atoms with E-state index in [1.54, 1.807) is 18.3 Å². The van der Waals surface area contributed by atoms with Crippen LogP contribution in [0.25, 0.3) is 0 Å². The summed E-state index contributed by atoms with van der Waals surface area (Å²) < 4.78 is 5.17. The number of nitrogens with two attached hydrogens (primary N) is 2. The number of anilines is 1. The van der Waals surface area contributed by atoms with Crippen molar-refractivity contribution in [3.05, 3.63) is 35.9 Å². The topological polar surface area (TPSA) is 115 Å². The number of hydrogen-bond donors (Lipinski definition) is 2. The molecule has 0 spiro atoms. The van der Waals surface area contributed by atoms with Gasteiger partial charge in [0.15, 0.2) is 0 Å². The summed E-state index contributed by atoms with van der Waals surface area (Å²) in [6, 6.07) is 5.58. The van der Waals surface area contributed by atoms with E-state index in [1.807, 2.05) is 0 Å². The molecule has 7 heteroatoms. The molecule has 19 heavy (non-hydrogen) atoms. The lowest BCUT2D eigenvalue weighted by atomic mass is 10.2. The first-order chi connectivity index (χ1) is 9.24. The van der Waals surface area contributed by atoms with Crippen LogP contribution >= 0.6 is 11.8 Å². The maximum atomic E-state index is 9.08. The Balaban J connectivity index is 2.27. The van der Waals surface area contributed by atoms with Gasteiger partial charge in [0, 0.05) is 17.2 Å². The minimum absolute atomic E-state index is 0.00130. The van der Waals surface area contributed by atoms with Crippen molar-refractivity contribution in [3.8, 4) is 6.07 Å². The predicted molar refractivity (Wildman–Crippen MR) is 72.1 cm³/mol. The number of pyridine rings is 1. The fourth-order valence-corrected chi connectivity index (χ4v) is 2.80. The quantitative estimate of drug-likeness (QED) is 0.798. The van der Waals surface area contributed by atoms with Gasteiger partial charge in [0.05, 0.1) is 17.0 Å². The number of rotatable bonds is 5. The van der Waals surface area contributed by atoms with Gasteiger partial charge in [-0.05, 0) is 19.0 Å². The lowest BCUT2D eigenvalue weighted by Crippen LogP contribution is -2.05. The van der Waals surface area contributed by atoms with Crippen molar-refractivity contribution in [1.29, 1.82) is 5.26 Å². The monoisotopic (exact) mass is 275 g/mol. The third-order valence-electron chi connectivity index (χ3n) is 2.48. The number of thioether (sulfide) groups is 1. The van der Waals surface area contributed by atoms with Gasteiger partial charge in [-0.1, -0.05) is 5.16 Å². The van der Waals surface area contributed by atoms with Crippen molar-refractivity contribution in [2.45, 2.75) is 16.6 Å². The van der Waals surface area contributed by atoms with Crippen LogP contribution in [-0.4, -0.2) is 16.7 Å². The Morgan fingerprint density at radius 1 is 1.53 bits per heavy atom. The molecule has 0 fully saturated rings. The average molecular weight is 275 g/mol. The first-order valence-electron chi connectivity index (χ1n) is 5.67. The molecule has 0 bridgehead atoms. The number of hydrogen-bond acceptors (Lipinski definition) is 7. The second-order valence-electron chi connectivity index (χ2n) is 3.82. The van der Waals surface area contributed by atoms with Crippen LogP contribution in [0.5, 0.6) is 0 Å².